The van der Waals surface area contributed by atoms with Crippen molar-refractivity contribution in [3.05, 3.63) is 34.2 Å². The maximum Gasteiger partial charge on any atom is 0.266 e. The van der Waals surface area contributed by atoms with Gasteiger partial charge >= 0.3 is 0 Å². The smallest absolute Gasteiger partial charge is 0.266 e. The third-order valence-corrected chi connectivity index (χ3v) is 4.90. The van der Waals surface area contributed by atoms with Crippen LogP contribution < -0.4 is 4.90 Å². The molecule has 0 spiro atoms. The maximum absolute atomic E-state index is 15.2. The van der Waals surface area contributed by atoms with Crippen LogP contribution in [0.3, 0.4) is 0 Å². The van der Waals surface area contributed by atoms with Gasteiger partial charge in [0.1, 0.15) is 0 Å². The molecule has 2 heterocycles. The summed E-state index contributed by atoms with van der Waals surface area (Å²) >= 11 is 3.44. The molecule has 1 saturated heterocycles. The Labute approximate surface area is 139 Å². The molecule has 1 aromatic rings. The zero-order valence-electron chi connectivity index (χ0n) is 13.0. The number of rotatable bonds is 3. The summed E-state index contributed by atoms with van der Waals surface area (Å²) < 4.78 is 16.2. The molecule has 0 bridgehead atoms. The topological polar surface area (TPSA) is 23.6 Å². The molecule has 0 aliphatic carbocycles. The number of carbonyl (C=O) groups is 1. The highest BCUT2D eigenvalue weighted by molar-refractivity contribution is 9.10. The van der Waals surface area contributed by atoms with Crippen molar-refractivity contribution in [1.29, 1.82) is 0 Å². The van der Waals surface area contributed by atoms with Crippen LogP contribution in [0.25, 0.3) is 0 Å². The molecular formula is C17H21BrFN2O. The maximum atomic E-state index is 15.2. The summed E-state index contributed by atoms with van der Waals surface area (Å²) in [5.41, 5.74) is 0.227. The summed E-state index contributed by atoms with van der Waals surface area (Å²) in [7, 11) is 0. The zero-order valence-corrected chi connectivity index (χ0v) is 14.6. The molecule has 0 saturated carbocycles. The molecule has 3 rings (SSSR count). The first kappa shape index (κ1) is 15.9. The van der Waals surface area contributed by atoms with Crippen LogP contribution in [0.5, 0.6) is 0 Å². The van der Waals surface area contributed by atoms with E-state index in [-0.39, 0.29) is 12.5 Å². The monoisotopic (exact) mass is 367 g/mol. The molecule has 5 heteroatoms. The zero-order chi connectivity index (χ0) is 15.9. The second kappa shape index (κ2) is 5.93. The second-order valence-electron chi connectivity index (χ2n) is 6.61. The summed E-state index contributed by atoms with van der Waals surface area (Å²) in [6, 6.07) is 5.83. The number of halogens is 2. The molecule has 1 amide bonds. The Morgan fingerprint density at radius 3 is 2.86 bits per heavy atom. The van der Waals surface area contributed by atoms with Crippen molar-refractivity contribution in [1.82, 2.24) is 4.90 Å². The van der Waals surface area contributed by atoms with Gasteiger partial charge in [0.05, 0.1) is 0 Å². The average Bonchev–Trinajstić information content (AvgIpc) is 3.01. The van der Waals surface area contributed by atoms with Gasteiger partial charge in [0, 0.05) is 42.8 Å². The fourth-order valence-electron chi connectivity index (χ4n) is 3.43. The number of nitrogens with zero attached hydrogens (tertiary/aromatic N) is 2. The van der Waals surface area contributed by atoms with E-state index in [4.69, 9.17) is 0 Å². The Kier molecular flexibility index (Phi) is 4.29. The highest BCUT2D eigenvalue weighted by atomic mass is 79.9. The molecule has 1 aromatic carbocycles. The minimum absolute atomic E-state index is 0.208. The SMILES string of the molecule is C[C](C)CN1CCC(F)(C(=O)N2CCc3cc(Br)ccc32)C1. The Morgan fingerprint density at radius 1 is 1.36 bits per heavy atom. The van der Waals surface area contributed by atoms with E-state index >= 15 is 4.39 Å². The molecule has 1 fully saturated rings. The summed E-state index contributed by atoms with van der Waals surface area (Å²) in [6.07, 6.45) is 1.09. The number of hydrogen-bond acceptors (Lipinski definition) is 2. The molecule has 1 unspecified atom stereocenters. The number of amides is 1. The van der Waals surface area contributed by atoms with Crippen molar-refractivity contribution < 1.29 is 9.18 Å². The van der Waals surface area contributed by atoms with Crippen molar-refractivity contribution >= 4 is 27.5 Å². The van der Waals surface area contributed by atoms with E-state index in [1.165, 1.54) is 5.92 Å². The van der Waals surface area contributed by atoms with Crippen LogP contribution in [0.2, 0.25) is 0 Å². The van der Waals surface area contributed by atoms with E-state index in [0.717, 1.165) is 28.7 Å². The minimum Gasteiger partial charge on any atom is -0.309 e. The third-order valence-electron chi connectivity index (χ3n) is 4.40. The molecule has 2 aliphatic heterocycles. The van der Waals surface area contributed by atoms with Crippen molar-refractivity contribution in [2.75, 3.05) is 31.1 Å². The van der Waals surface area contributed by atoms with Gasteiger partial charge in [-0.05, 0) is 36.1 Å². The lowest BCUT2D eigenvalue weighted by Gasteiger charge is -2.27. The van der Waals surface area contributed by atoms with Gasteiger partial charge in [0.25, 0.3) is 5.91 Å². The Morgan fingerprint density at radius 2 is 2.14 bits per heavy atom. The van der Waals surface area contributed by atoms with Gasteiger partial charge in [-0.25, -0.2) is 4.39 Å². The molecular weight excluding hydrogens is 347 g/mol. The van der Waals surface area contributed by atoms with Gasteiger partial charge in [0.15, 0.2) is 0 Å². The van der Waals surface area contributed by atoms with Gasteiger partial charge in [-0.2, -0.15) is 0 Å². The minimum atomic E-state index is -1.75. The quantitative estimate of drug-likeness (QED) is 0.817. The normalized spacial score (nSPS) is 25.0. The van der Waals surface area contributed by atoms with Crippen molar-refractivity contribution in [3.63, 3.8) is 0 Å². The molecule has 22 heavy (non-hydrogen) atoms. The van der Waals surface area contributed by atoms with E-state index in [1.54, 1.807) is 4.90 Å². The summed E-state index contributed by atoms with van der Waals surface area (Å²) in [4.78, 5) is 16.4. The number of carbonyl (C=O) groups excluding carboxylic acids is 1. The highest BCUT2D eigenvalue weighted by Gasteiger charge is 2.48. The first-order valence-electron chi connectivity index (χ1n) is 7.70. The van der Waals surface area contributed by atoms with Gasteiger partial charge < -0.3 is 4.90 Å². The molecule has 119 valence electrons. The number of likely N-dealkylation sites (tertiary alicyclic amines) is 1. The fourth-order valence-corrected chi connectivity index (χ4v) is 3.84. The lowest BCUT2D eigenvalue weighted by Crippen LogP contribution is -2.47. The first-order chi connectivity index (χ1) is 10.4. The van der Waals surface area contributed by atoms with Crippen LogP contribution in [-0.4, -0.2) is 42.7 Å². The van der Waals surface area contributed by atoms with Crippen molar-refractivity contribution in [3.8, 4) is 0 Å². The molecule has 0 N–H and O–H groups in total. The summed E-state index contributed by atoms with van der Waals surface area (Å²) in [5.74, 6) is 0.873. The van der Waals surface area contributed by atoms with Gasteiger partial charge in [0.2, 0.25) is 5.67 Å². The van der Waals surface area contributed by atoms with Gasteiger partial charge in [-0.3, -0.25) is 9.69 Å². The first-order valence-corrected chi connectivity index (χ1v) is 8.49. The van der Waals surface area contributed by atoms with Crippen molar-refractivity contribution in [2.24, 2.45) is 0 Å². The van der Waals surface area contributed by atoms with Crippen LogP contribution in [0.1, 0.15) is 25.8 Å². The fraction of sp³-hybridized carbons (Fsp3) is 0.529. The number of hydrogen-bond donors (Lipinski definition) is 0. The van der Waals surface area contributed by atoms with Crippen LogP contribution in [-0.2, 0) is 11.2 Å². The second-order valence-corrected chi connectivity index (χ2v) is 7.53. The molecule has 1 radical (unpaired) electrons. The molecule has 3 nitrogen and oxygen atoms in total. The van der Waals surface area contributed by atoms with E-state index in [1.807, 2.05) is 36.9 Å². The standard InChI is InChI=1S/C17H21BrFN2O/c1-12(2)10-20-8-6-17(19,11-20)16(22)21-7-5-13-9-14(18)3-4-15(13)21/h3-4,9H,5-8,10-11H2,1-2H3. The molecule has 2 aliphatic rings. The number of fused-ring (bicyclic) bond motifs is 1. The number of benzene rings is 1. The predicted octanol–water partition coefficient (Wildman–Crippen LogP) is 3.37. The van der Waals surface area contributed by atoms with E-state index in [2.05, 4.69) is 15.9 Å². The predicted molar refractivity (Wildman–Crippen MR) is 89.7 cm³/mol. The average molecular weight is 368 g/mol. The van der Waals surface area contributed by atoms with E-state index in [9.17, 15) is 4.79 Å². The van der Waals surface area contributed by atoms with Crippen LogP contribution in [0, 0.1) is 5.92 Å². The Bertz CT molecular complexity index is 592. The molecule has 0 aromatic heterocycles. The summed E-state index contributed by atoms with van der Waals surface area (Å²) in [5, 5.41) is 0. The Hall–Kier alpha value is -0.940. The number of alkyl halides is 1. The van der Waals surface area contributed by atoms with Crippen molar-refractivity contribution in [2.45, 2.75) is 32.4 Å². The summed E-state index contributed by atoms with van der Waals surface area (Å²) in [6.45, 7) is 6.27. The highest BCUT2D eigenvalue weighted by Crippen LogP contribution is 2.35. The van der Waals surface area contributed by atoms with Crippen LogP contribution in [0.4, 0.5) is 10.1 Å². The van der Waals surface area contributed by atoms with Gasteiger partial charge in [-0.1, -0.05) is 29.8 Å². The van der Waals surface area contributed by atoms with Crippen LogP contribution >= 0.6 is 15.9 Å². The van der Waals surface area contributed by atoms with Gasteiger partial charge in [-0.15, -0.1) is 0 Å². The lowest BCUT2D eigenvalue weighted by molar-refractivity contribution is -0.129. The number of anilines is 1. The van der Waals surface area contributed by atoms with E-state index < -0.39 is 5.67 Å². The van der Waals surface area contributed by atoms with Crippen LogP contribution in [0.15, 0.2) is 22.7 Å². The van der Waals surface area contributed by atoms with E-state index in [0.29, 0.717) is 19.5 Å². The largest absolute Gasteiger partial charge is 0.309 e. The lowest BCUT2D eigenvalue weighted by atomic mass is 10.0. The third kappa shape index (κ3) is 2.93. The Balaban J connectivity index is 1.76. The molecule has 1 atom stereocenters.